The maximum atomic E-state index is 5.97. The molecule has 0 bridgehead atoms. The van der Waals surface area contributed by atoms with Crippen LogP contribution in [0.15, 0.2) is 30.6 Å². The SMILES string of the molecule is Cc1cccc(-c2ncn3c2CCC(N)C3)c1. The minimum absolute atomic E-state index is 0.280. The second kappa shape index (κ2) is 4.00. The van der Waals surface area contributed by atoms with Gasteiger partial charge in [0.15, 0.2) is 0 Å². The summed E-state index contributed by atoms with van der Waals surface area (Å²) in [6.45, 7) is 3.01. The fraction of sp³-hybridized carbons (Fsp3) is 0.357. The molecule has 1 aliphatic rings. The molecule has 1 unspecified atom stereocenters. The first-order valence-corrected chi connectivity index (χ1v) is 6.10. The molecule has 0 aliphatic carbocycles. The molecule has 3 heteroatoms. The van der Waals surface area contributed by atoms with Crippen LogP contribution >= 0.6 is 0 Å². The number of rotatable bonds is 1. The van der Waals surface area contributed by atoms with Crippen molar-refractivity contribution in [1.29, 1.82) is 0 Å². The van der Waals surface area contributed by atoms with Gasteiger partial charge in [-0.2, -0.15) is 0 Å². The highest BCUT2D eigenvalue weighted by molar-refractivity contribution is 5.63. The predicted molar refractivity (Wildman–Crippen MR) is 68.7 cm³/mol. The quantitative estimate of drug-likeness (QED) is 0.811. The van der Waals surface area contributed by atoms with Gasteiger partial charge in [-0.3, -0.25) is 0 Å². The van der Waals surface area contributed by atoms with Crippen molar-refractivity contribution in [2.75, 3.05) is 0 Å². The van der Waals surface area contributed by atoms with Crippen molar-refractivity contribution in [2.45, 2.75) is 32.4 Å². The highest BCUT2D eigenvalue weighted by atomic mass is 15.1. The maximum absolute atomic E-state index is 5.97. The number of benzene rings is 1. The third-order valence-electron chi connectivity index (χ3n) is 3.42. The first kappa shape index (κ1) is 10.5. The lowest BCUT2D eigenvalue weighted by atomic mass is 10.0. The van der Waals surface area contributed by atoms with Crippen LogP contribution in [0.3, 0.4) is 0 Å². The maximum Gasteiger partial charge on any atom is 0.0956 e. The van der Waals surface area contributed by atoms with Crippen molar-refractivity contribution in [3.63, 3.8) is 0 Å². The summed E-state index contributed by atoms with van der Waals surface area (Å²) in [5, 5.41) is 0. The Morgan fingerprint density at radius 1 is 1.41 bits per heavy atom. The molecular formula is C14H17N3. The number of nitrogens with two attached hydrogens (primary N) is 1. The lowest BCUT2D eigenvalue weighted by molar-refractivity contribution is 0.461. The van der Waals surface area contributed by atoms with E-state index in [0.29, 0.717) is 0 Å². The highest BCUT2D eigenvalue weighted by Crippen LogP contribution is 2.26. The Bertz CT molecular complexity index is 542. The first-order chi connectivity index (χ1) is 8.24. The van der Waals surface area contributed by atoms with E-state index in [9.17, 15) is 0 Å². The van der Waals surface area contributed by atoms with Crippen molar-refractivity contribution in [3.8, 4) is 11.3 Å². The average Bonchev–Trinajstić information content (AvgIpc) is 2.71. The number of nitrogens with zero attached hydrogens (tertiary/aromatic N) is 2. The summed E-state index contributed by atoms with van der Waals surface area (Å²) in [4.78, 5) is 4.55. The van der Waals surface area contributed by atoms with E-state index in [-0.39, 0.29) is 6.04 Å². The van der Waals surface area contributed by atoms with Crippen LogP contribution in [0.4, 0.5) is 0 Å². The van der Waals surface area contributed by atoms with Gasteiger partial charge >= 0.3 is 0 Å². The second-order valence-electron chi connectivity index (χ2n) is 4.86. The molecule has 1 atom stereocenters. The molecule has 0 radical (unpaired) electrons. The topological polar surface area (TPSA) is 43.8 Å². The van der Waals surface area contributed by atoms with Gasteiger partial charge < -0.3 is 10.3 Å². The fourth-order valence-corrected chi connectivity index (χ4v) is 2.53. The van der Waals surface area contributed by atoms with Crippen LogP contribution in [0.1, 0.15) is 17.7 Å². The predicted octanol–water partition coefficient (Wildman–Crippen LogP) is 2.13. The van der Waals surface area contributed by atoms with Crippen molar-refractivity contribution >= 4 is 0 Å². The van der Waals surface area contributed by atoms with E-state index in [4.69, 9.17) is 5.73 Å². The van der Waals surface area contributed by atoms with E-state index < -0.39 is 0 Å². The number of imidazole rings is 1. The Labute approximate surface area is 101 Å². The Balaban J connectivity index is 2.05. The van der Waals surface area contributed by atoms with E-state index in [1.165, 1.54) is 16.8 Å². The number of hydrogen-bond donors (Lipinski definition) is 1. The molecule has 0 fully saturated rings. The van der Waals surface area contributed by atoms with Gasteiger partial charge in [0.05, 0.1) is 12.0 Å². The standard InChI is InChI=1S/C14H17N3/c1-10-3-2-4-11(7-10)14-13-6-5-12(15)8-17(13)9-16-14/h2-4,7,9,12H,5-6,8,15H2,1H3. The van der Waals surface area contributed by atoms with Gasteiger partial charge in [0, 0.05) is 23.8 Å². The number of fused-ring (bicyclic) bond motifs is 1. The second-order valence-corrected chi connectivity index (χ2v) is 4.86. The molecule has 1 aromatic heterocycles. The van der Waals surface area contributed by atoms with E-state index in [0.717, 1.165) is 25.1 Å². The molecule has 2 aromatic rings. The van der Waals surface area contributed by atoms with E-state index in [2.05, 4.69) is 40.7 Å². The molecule has 2 N–H and O–H groups in total. The molecule has 0 amide bonds. The molecule has 2 heterocycles. The Hall–Kier alpha value is -1.61. The number of aryl methyl sites for hydroxylation is 1. The largest absolute Gasteiger partial charge is 0.332 e. The molecule has 3 rings (SSSR count). The molecule has 0 saturated carbocycles. The number of aromatic nitrogens is 2. The zero-order valence-electron chi connectivity index (χ0n) is 10.1. The normalized spacial score (nSPS) is 19.1. The molecule has 1 aliphatic heterocycles. The monoisotopic (exact) mass is 227 g/mol. The summed E-state index contributed by atoms with van der Waals surface area (Å²) >= 11 is 0. The zero-order chi connectivity index (χ0) is 11.8. The van der Waals surface area contributed by atoms with E-state index in [1.807, 2.05) is 6.33 Å². The Morgan fingerprint density at radius 2 is 2.29 bits per heavy atom. The summed E-state index contributed by atoms with van der Waals surface area (Å²) in [6.07, 6.45) is 4.01. The third kappa shape index (κ3) is 1.87. The van der Waals surface area contributed by atoms with Gasteiger partial charge in [-0.25, -0.2) is 4.98 Å². The lowest BCUT2D eigenvalue weighted by Gasteiger charge is -2.21. The summed E-state index contributed by atoms with van der Waals surface area (Å²) in [5.74, 6) is 0. The highest BCUT2D eigenvalue weighted by Gasteiger charge is 2.19. The summed E-state index contributed by atoms with van der Waals surface area (Å²) in [6, 6.07) is 8.80. The van der Waals surface area contributed by atoms with Crippen molar-refractivity contribution in [2.24, 2.45) is 5.73 Å². The van der Waals surface area contributed by atoms with Gasteiger partial charge in [-0.05, 0) is 25.8 Å². The van der Waals surface area contributed by atoms with Gasteiger partial charge in [0.1, 0.15) is 0 Å². The molecule has 0 spiro atoms. The van der Waals surface area contributed by atoms with Gasteiger partial charge in [-0.15, -0.1) is 0 Å². The van der Waals surface area contributed by atoms with Crippen LogP contribution < -0.4 is 5.73 Å². The van der Waals surface area contributed by atoms with Crippen molar-refractivity contribution in [1.82, 2.24) is 9.55 Å². The van der Waals surface area contributed by atoms with Crippen LogP contribution in [0.2, 0.25) is 0 Å². The molecule has 17 heavy (non-hydrogen) atoms. The smallest absolute Gasteiger partial charge is 0.0956 e. The van der Waals surface area contributed by atoms with E-state index >= 15 is 0 Å². The Kier molecular flexibility index (Phi) is 2.48. The van der Waals surface area contributed by atoms with Crippen LogP contribution in [0.5, 0.6) is 0 Å². The van der Waals surface area contributed by atoms with Crippen molar-refractivity contribution < 1.29 is 0 Å². The average molecular weight is 227 g/mol. The summed E-state index contributed by atoms with van der Waals surface area (Å²) < 4.78 is 2.20. The van der Waals surface area contributed by atoms with E-state index in [1.54, 1.807) is 0 Å². The van der Waals surface area contributed by atoms with Crippen LogP contribution in [0.25, 0.3) is 11.3 Å². The van der Waals surface area contributed by atoms with Crippen LogP contribution in [-0.2, 0) is 13.0 Å². The lowest BCUT2D eigenvalue weighted by Crippen LogP contribution is -2.31. The molecule has 3 nitrogen and oxygen atoms in total. The molecule has 0 saturated heterocycles. The first-order valence-electron chi connectivity index (χ1n) is 6.10. The Morgan fingerprint density at radius 3 is 3.12 bits per heavy atom. The number of hydrogen-bond acceptors (Lipinski definition) is 2. The molecule has 88 valence electrons. The molecule has 1 aromatic carbocycles. The van der Waals surface area contributed by atoms with Crippen LogP contribution in [0, 0.1) is 6.92 Å². The fourth-order valence-electron chi connectivity index (χ4n) is 2.53. The van der Waals surface area contributed by atoms with Gasteiger partial charge in [-0.1, -0.05) is 23.8 Å². The van der Waals surface area contributed by atoms with Crippen LogP contribution in [-0.4, -0.2) is 15.6 Å². The minimum Gasteiger partial charge on any atom is -0.332 e. The minimum atomic E-state index is 0.280. The summed E-state index contributed by atoms with van der Waals surface area (Å²) in [7, 11) is 0. The van der Waals surface area contributed by atoms with Gasteiger partial charge in [0.2, 0.25) is 0 Å². The zero-order valence-corrected chi connectivity index (χ0v) is 10.1. The van der Waals surface area contributed by atoms with Crippen molar-refractivity contribution in [3.05, 3.63) is 41.9 Å². The van der Waals surface area contributed by atoms with Gasteiger partial charge in [0.25, 0.3) is 0 Å². The summed E-state index contributed by atoms with van der Waals surface area (Å²) in [5.41, 5.74) is 10.9. The third-order valence-corrected chi connectivity index (χ3v) is 3.42. The molecular weight excluding hydrogens is 210 g/mol.